The molecule has 0 spiro atoms. The van der Waals surface area contributed by atoms with Crippen LogP contribution in [0.5, 0.6) is 0 Å². The Labute approximate surface area is 146 Å². The summed E-state index contributed by atoms with van der Waals surface area (Å²) in [5.41, 5.74) is -1.91. The number of benzene rings is 1. The minimum absolute atomic E-state index is 0. The van der Waals surface area contributed by atoms with Crippen LogP contribution in [0.15, 0.2) is 40.7 Å². The topological polar surface area (TPSA) is 64.6 Å². The molecule has 1 atom stereocenters. The third-order valence-corrected chi connectivity index (χ3v) is 4.25. The number of ether oxygens (including phenoxy) is 2. The van der Waals surface area contributed by atoms with Gasteiger partial charge in [-0.15, -0.1) is 0 Å². The maximum atomic E-state index is 14.1. The zero-order valence-corrected chi connectivity index (χ0v) is 13.4. The molecule has 0 aliphatic carbocycles. The van der Waals surface area contributed by atoms with Gasteiger partial charge in [-0.25, -0.2) is 27.2 Å². The van der Waals surface area contributed by atoms with Gasteiger partial charge in [0.05, 0.1) is 41.1 Å². The maximum absolute atomic E-state index is 14.1. The average molecular weight is 373 g/mol. The zero-order chi connectivity index (χ0) is 19.0. The van der Waals surface area contributed by atoms with Crippen molar-refractivity contribution in [1.29, 1.82) is 0 Å². The molecule has 5 nitrogen and oxygen atoms in total. The quantitative estimate of drug-likeness (QED) is 0.650. The first-order valence-electron chi connectivity index (χ1n) is 7.51. The Hall–Kier alpha value is -2.84. The zero-order valence-electron chi connectivity index (χ0n) is 13.4. The molecular formula is C17H15F4NO4. The van der Waals surface area contributed by atoms with E-state index in [0.29, 0.717) is 0 Å². The van der Waals surface area contributed by atoms with Crippen LogP contribution in [0.1, 0.15) is 24.9 Å². The van der Waals surface area contributed by atoms with Crippen LogP contribution in [0.2, 0.25) is 0 Å². The van der Waals surface area contributed by atoms with Crippen molar-refractivity contribution in [2.24, 2.45) is 0 Å². The molecule has 2 aliphatic rings. The number of cyclic esters (lactones) is 1. The predicted molar refractivity (Wildman–Crippen MR) is 82.3 cm³/mol. The summed E-state index contributed by atoms with van der Waals surface area (Å²) < 4.78 is 64.0. The number of methoxy groups -OCH3 is 1. The van der Waals surface area contributed by atoms with E-state index in [2.05, 4.69) is 10.1 Å². The van der Waals surface area contributed by atoms with Crippen LogP contribution < -0.4 is 5.32 Å². The molecule has 140 valence electrons. The second-order valence-corrected chi connectivity index (χ2v) is 5.59. The van der Waals surface area contributed by atoms with Gasteiger partial charge < -0.3 is 14.8 Å². The lowest BCUT2D eigenvalue weighted by molar-refractivity contribution is -0.136. The van der Waals surface area contributed by atoms with E-state index in [9.17, 15) is 27.2 Å². The third-order valence-electron chi connectivity index (χ3n) is 4.25. The SMILES string of the molecule is COC(=O)C1=C(CF)NC2=C(C(=O)OC2)[C@H]1c1cccc(F)c1C(F)F.[HH]. The highest BCUT2D eigenvalue weighted by Crippen LogP contribution is 2.44. The molecule has 0 aromatic heterocycles. The predicted octanol–water partition coefficient (Wildman–Crippen LogP) is 2.90. The molecule has 0 radical (unpaired) electrons. The first-order chi connectivity index (χ1) is 12.4. The second-order valence-electron chi connectivity index (χ2n) is 5.59. The first kappa shape index (κ1) is 18.0. The summed E-state index contributed by atoms with van der Waals surface area (Å²) in [5.74, 6) is -4.51. The number of dihydropyridines is 1. The van der Waals surface area contributed by atoms with E-state index in [1.165, 1.54) is 6.07 Å². The van der Waals surface area contributed by atoms with E-state index >= 15 is 0 Å². The fourth-order valence-electron chi connectivity index (χ4n) is 3.18. The van der Waals surface area contributed by atoms with E-state index in [0.717, 1.165) is 19.2 Å². The van der Waals surface area contributed by atoms with E-state index in [4.69, 9.17) is 4.74 Å². The molecule has 1 aromatic rings. The number of carbonyl (C=O) groups excluding carboxylic acids is 2. The van der Waals surface area contributed by atoms with E-state index in [1.807, 2.05) is 0 Å². The lowest BCUT2D eigenvalue weighted by Crippen LogP contribution is -2.32. The molecule has 0 bridgehead atoms. The summed E-state index contributed by atoms with van der Waals surface area (Å²) in [4.78, 5) is 24.4. The van der Waals surface area contributed by atoms with Crippen molar-refractivity contribution in [3.8, 4) is 0 Å². The van der Waals surface area contributed by atoms with Crippen LogP contribution in [-0.2, 0) is 19.1 Å². The summed E-state index contributed by atoms with van der Waals surface area (Å²) >= 11 is 0. The fourth-order valence-corrected chi connectivity index (χ4v) is 3.18. The number of halogens is 4. The van der Waals surface area contributed by atoms with Crippen molar-refractivity contribution in [1.82, 2.24) is 5.32 Å². The molecular weight excluding hydrogens is 358 g/mol. The van der Waals surface area contributed by atoms with E-state index in [1.54, 1.807) is 0 Å². The molecule has 9 heteroatoms. The number of alkyl halides is 3. The Balaban J connectivity index is 0.00000261. The van der Waals surface area contributed by atoms with Gasteiger partial charge in [0.15, 0.2) is 0 Å². The van der Waals surface area contributed by atoms with Crippen LogP contribution in [0, 0.1) is 5.82 Å². The molecule has 0 amide bonds. The molecule has 1 N–H and O–H groups in total. The molecule has 2 heterocycles. The Morgan fingerprint density at radius 2 is 2.19 bits per heavy atom. The summed E-state index contributed by atoms with van der Waals surface area (Å²) in [6.45, 7) is -1.38. The molecule has 0 saturated heterocycles. The monoisotopic (exact) mass is 373 g/mol. The average Bonchev–Trinajstić information content (AvgIpc) is 2.99. The number of rotatable bonds is 4. The number of hydrogen-bond donors (Lipinski definition) is 1. The lowest BCUT2D eigenvalue weighted by Gasteiger charge is -2.29. The van der Waals surface area contributed by atoms with Crippen LogP contribution in [-0.4, -0.2) is 32.3 Å². The Morgan fingerprint density at radius 1 is 1.46 bits per heavy atom. The van der Waals surface area contributed by atoms with Gasteiger partial charge in [0.1, 0.15) is 19.1 Å². The van der Waals surface area contributed by atoms with Gasteiger partial charge in [-0.1, -0.05) is 12.1 Å². The highest BCUT2D eigenvalue weighted by Gasteiger charge is 2.44. The Kier molecular flexibility index (Phi) is 4.71. The van der Waals surface area contributed by atoms with Crippen LogP contribution in [0.4, 0.5) is 17.6 Å². The van der Waals surface area contributed by atoms with Crippen molar-refractivity contribution >= 4 is 11.9 Å². The standard InChI is InChI=1S/C17H13F4NO4.H2/c1-25-16(23)13-9(5-18)22-10-6-26-17(24)14(10)12(13)7-3-2-4-8(19)11(7)15(20)21;/h2-4,12,15,22H,5-6H2,1H3;1H/t12-;/m0./s1. The van der Waals surface area contributed by atoms with E-state index < -0.39 is 42.3 Å². The molecule has 2 aliphatic heterocycles. The normalized spacial score (nSPS) is 19.5. The van der Waals surface area contributed by atoms with Gasteiger partial charge in [0.2, 0.25) is 0 Å². The maximum Gasteiger partial charge on any atom is 0.337 e. The molecule has 26 heavy (non-hydrogen) atoms. The van der Waals surface area contributed by atoms with Crippen LogP contribution >= 0.6 is 0 Å². The summed E-state index contributed by atoms with van der Waals surface area (Å²) in [6.07, 6.45) is -3.21. The Morgan fingerprint density at radius 3 is 2.81 bits per heavy atom. The van der Waals surface area contributed by atoms with Gasteiger partial charge in [-0.05, 0) is 11.6 Å². The van der Waals surface area contributed by atoms with Crippen molar-refractivity contribution in [3.05, 3.63) is 57.7 Å². The highest BCUT2D eigenvalue weighted by atomic mass is 19.3. The van der Waals surface area contributed by atoms with Crippen LogP contribution in [0.3, 0.4) is 0 Å². The summed E-state index contributed by atoms with van der Waals surface area (Å²) in [7, 11) is 1.03. The van der Waals surface area contributed by atoms with Gasteiger partial charge in [-0.3, -0.25) is 0 Å². The first-order valence-corrected chi connectivity index (χ1v) is 7.51. The minimum Gasteiger partial charge on any atom is -0.466 e. The van der Waals surface area contributed by atoms with Gasteiger partial charge in [-0.2, -0.15) is 0 Å². The van der Waals surface area contributed by atoms with Crippen molar-refractivity contribution in [2.45, 2.75) is 12.3 Å². The smallest absolute Gasteiger partial charge is 0.337 e. The van der Waals surface area contributed by atoms with Gasteiger partial charge in [0, 0.05) is 1.43 Å². The van der Waals surface area contributed by atoms with E-state index in [-0.39, 0.29) is 36.1 Å². The molecule has 0 saturated carbocycles. The largest absolute Gasteiger partial charge is 0.466 e. The summed E-state index contributed by atoms with van der Waals surface area (Å²) in [5, 5.41) is 2.58. The Bertz CT molecular complexity index is 853. The number of allylic oxidation sites excluding steroid dienone is 1. The number of hydrogen-bond acceptors (Lipinski definition) is 5. The molecule has 1 aromatic carbocycles. The van der Waals surface area contributed by atoms with Gasteiger partial charge in [0.25, 0.3) is 6.43 Å². The van der Waals surface area contributed by atoms with Crippen molar-refractivity contribution < 1.29 is 38.1 Å². The number of carbonyl (C=O) groups is 2. The molecule has 0 fully saturated rings. The van der Waals surface area contributed by atoms with Crippen molar-refractivity contribution in [2.75, 3.05) is 20.4 Å². The van der Waals surface area contributed by atoms with Gasteiger partial charge >= 0.3 is 11.9 Å². The van der Waals surface area contributed by atoms with Crippen LogP contribution in [0.25, 0.3) is 0 Å². The molecule has 3 rings (SSSR count). The lowest BCUT2D eigenvalue weighted by atomic mass is 9.79. The fraction of sp³-hybridized carbons (Fsp3) is 0.294. The minimum atomic E-state index is -3.21. The number of nitrogens with one attached hydrogen (secondary N) is 1. The highest BCUT2D eigenvalue weighted by molar-refractivity contribution is 6.01. The number of esters is 2. The molecule has 0 unspecified atom stereocenters. The van der Waals surface area contributed by atoms with Crippen molar-refractivity contribution in [3.63, 3.8) is 0 Å². The summed E-state index contributed by atoms with van der Waals surface area (Å²) in [6, 6.07) is 3.17. The third kappa shape index (κ3) is 2.73. The second kappa shape index (κ2) is 6.81.